The van der Waals surface area contributed by atoms with E-state index in [4.69, 9.17) is 12.2 Å². The first-order valence-electron chi connectivity index (χ1n) is 8.43. The molecule has 2 aromatic heterocycles. The summed E-state index contributed by atoms with van der Waals surface area (Å²) in [6.45, 7) is 4.56. The van der Waals surface area contributed by atoms with E-state index >= 15 is 0 Å². The van der Waals surface area contributed by atoms with Gasteiger partial charge in [-0.15, -0.1) is 5.10 Å². The van der Waals surface area contributed by atoms with Crippen LogP contribution in [0, 0.1) is 4.77 Å². The van der Waals surface area contributed by atoms with Gasteiger partial charge in [0.1, 0.15) is 6.54 Å². The minimum Gasteiger partial charge on any atom is -0.336 e. The molecule has 0 bridgehead atoms. The van der Waals surface area contributed by atoms with Gasteiger partial charge < -0.3 is 4.90 Å². The number of piperidine rings is 1. The van der Waals surface area contributed by atoms with Crippen LogP contribution in [0.15, 0.2) is 24.3 Å². The van der Waals surface area contributed by atoms with Crippen LogP contribution in [0.5, 0.6) is 0 Å². The van der Waals surface area contributed by atoms with Crippen LogP contribution in [0.3, 0.4) is 0 Å². The van der Waals surface area contributed by atoms with Gasteiger partial charge in [0.05, 0.1) is 11.0 Å². The predicted octanol–water partition coefficient (Wildman–Crippen LogP) is 3.14. The highest BCUT2D eigenvalue weighted by molar-refractivity contribution is 7.71. The maximum atomic E-state index is 13.0. The fourth-order valence-electron chi connectivity index (χ4n) is 3.96. The molecule has 126 valence electrons. The van der Waals surface area contributed by atoms with E-state index in [0.717, 1.165) is 23.9 Å². The van der Waals surface area contributed by atoms with Gasteiger partial charge in [-0.3, -0.25) is 13.8 Å². The molecule has 0 unspecified atom stereocenters. The summed E-state index contributed by atoms with van der Waals surface area (Å²) < 4.78 is 4.39. The lowest BCUT2D eigenvalue weighted by atomic mass is 9.97. The highest BCUT2D eigenvalue weighted by Crippen LogP contribution is 2.25. The van der Waals surface area contributed by atoms with Gasteiger partial charge in [-0.2, -0.15) is 0 Å². The maximum absolute atomic E-state index is 13.0. The molecule has 0 saturated carbocycles. The number of rotatable bonds is 2. The van der Waals surface area contributed by atoms with E-state index in [2.05, 4.69) is 24.0 Å². The minimum atomic E-state index is 0.145. The number of benzene rings is 1. The molecule has 2 atom stereocenters. The Balaban J connectivity index is 1.78. The predicted molar refractivity (Wildman–Crippen MR) is 95.5 cm³/mol. The standard InChI is InChI=1S/C17H21N5OS/c1-11-6-5-7-12(2)21(11)15(23)10-20-13-8-3-4-9-14(13)22-16(20)18-19-17(22)24/h3-4,8-9,11-12H,5-7,10H2,1-2H3,(H,19,24)/t11-,12+. The average Bonchev–Trinajstić information content (AvgIpc) is 3.07. The minimum absolute atomic E-state index is 0.145. The van der Waals surface area contributed by atoms with Gasteiger partial charge in [0.15, 0.2) is 0 Å². The van der Waals surface area contributed by atoms with Crippen molar-refractivity contribution in [3.8, 4) is 0 Å². The summed E-state index contributed by atoms with van der Waals surface area (Å²) in [5.41, 5.74) is 1.95. The fraction of sp³-hybridized carbons (Fsp3) is 0.471. The first kappa shape index (κ1) is 15.4. The number of H-pyrrole nitrogens is 1. The van der Waals surface area contributed by atoms with Gasteiger partial charge in [-0.25, -0.2) is 5.10 Å². The van der Waals surface area contributed by atoms with Gasteiger partial charge in [0.25, 0.3) is 0 Å². The van der Waals surface area contributed by atoms with Crippen molar-refractivity contribution in [2.24, 2.45) is 0 Å². The van der Waals surface area contributed by atoms with Crippen molar-refractivity contribution in [1.82, 2.24) is 24.1 Å². The number of hydrogen-bond donors (Lipinski definition) is 1. The lowest BCUT2D eigenvalue weighted by molar-refractivity contribution is -0.137. The molecular formula is C17H21N5OS. The van der Waals surface area contributed by atoms with Crippen molar-refractivity contribution < 1.29 is 4.79 Å². The van der Waals surface area contributed by atoms with E-state index in [1.165, 1.54) is 6.42 Å². The van der Waals surface area contributed by atoms with Crippen molar-refractivity contribution in [1.29, 1.82) is 0 Å². The Morgan fingerprint density at radius 2 is 1.92 bits per heavy atom. The van der Waals surface area contributed by atoms with Crippen molar-refractivity contribution in [3.05, 3.63) is 29.0 Å². The molecule has 0 radical (unpaired) electrons. The summed E-state index contributed by atoms with van der Waals surface area (Å²) in [5, 5.41) is 7.16. The van der Waals surface area contributed by atoms with E-state index in [9.17, 15) is 4.79 Å². The highest BCUT2D eigenvalue weighted by Gasteiger charge is 2.29. The Kier molecular flexibility index (Phi) is 3.68. The summed E-state index contributed by atoms with van der Waals surface area (Å²) in [7, 11) is 0. The zero-order valence-electron chi connectivity index (χ0n) is 13.9. The highest BCUT2D eigenvalue weighted by atomic mass is 32.1. The normalized spacial score (nSPS) is 21.7. The van der Waals surface area contributed by atoms with Crippen LogP contribution in [0.25, 0.3) is 16.8 Å². The first-order chi connectivity index (χ1) is 11.6. The monoisotopic (exact) mass is 343 g/mol. The smallest absolute Gasteiger partial charge is 0.243 e. The molecule has 7 heteroatoms. The number of carbonyl (C=O) groups excluding carboxylic acids is 1. The van der Waals surface area contributed by atoms with Crippen LogP contribution in [-0.2, 0) is 11.3 Å². The number of hydrogen-bond acceptors (Lipinski definition) is 3. The van der Waals surface area contributed by atoms with Gasteiger partial charge in [0, 0.05) is 12.1 Å². The molecule has 0 aliphatic carbocycles. The summed E-state index contributed by atoms with van der Waals surface area (Å²) >= 11 is 5.34. The summed E-state index contributed by atoms with van der Waals surface area (Å²) in [4.78, 5) is 15.1. The molecule has 1 aromatic carbocycles. The number of amides is 1. The number of fused-ring (bicyclic) bond motifs is 3. The number of imidazole rings is 1. The van der Waals surface area contributed by atoms with Crippen LogP contribution in [0.1, 0.15) is 33.1 Å². The van der Waals surface area contributed by atoms with Crippen LogP contribution >= 0.6 is 12.2 Å². The third-order valence-corrected chi connectivity index (χ3v) is 5.36. The van der Waals surface area contributed by atoms with Crippen LogP contribution in [0.2, 0.25) is 0 Å². The molecule has 1 amide bonds. The number of aromatic amines is 1. The van der Waals surface area contributed by atoms with Crippen molar-refractivity contribution >= 4 is 34.9 Å². The van der Waals surface area contributed by atoms with Crippen molar-refractivity contribution in [2.75, 3.05) is 0 Å². The lowest BCUT2D eigenvalue weighted by Crippen LogP contribution is -2.48. The fourth-order valence-corrected chi connectivity index (χ4v) is 4.19. The molecule has 6 nitrogen and oxygen atoms in total. The molecule has 4 rings (SSSR count). The Labute approximate surface area is 145 Å². The van der Waals surface area contributed by atoms with E-state index in [1.54, 1.807) is 0 Å². The number of nitrogens with one attached hydrogen (secondary N) is 1. The van der Waals surface area contributed by atoms with E-state index in [1.807, 2.05) is 38.1 Å². The van der Waals surface area contributed by atoms with Gasteiger partial charge in [-0.1, -0.05) is 12.1 Å². The number of carbonyl (C=O) groups is 1. The Hall–Kier alpha value is -2.15. The van der Waals surface area contributed by atoms with Crippen molar-refractivity contribution in [2.45, 2.75) is 51.7 Å². The zero-order chi connectivity index (χ0) is 16.8. The SMILES string of the molecule is C[C@@H]1CCC[C@H](C)N1C(=O)Cn1c2ccccc2n2c(=S)[nH]nc12. The molecule has 1 N–H and O–H groups in total. The van der Waals surface area contributed by atoms with Gasteiger partial charge in [0.2, 0.25) is 16.5 Å². The lowest BCUT2D eigenvalue weighted by Gasteiger charge is -2.39. The zero-order valence-corrected chi connectivity index (χ0v) is 14.7. The van der Waals surface area contributed by atoms with E-state index in [-0.39, 0.29) is 12.5 Å². The third-order valence-electron chi connectivity index (χ3n) is 5.08. The molecule has 3 aromatic rings. The summed E-state index contributed by atoms with van der Waals surface area (Å²) in [6, 6.07) is 8.54. The van der Waals surface area contributed by atoms with Crippen LogP contribution < -0.4 is 0 Å². The quantitative estimate of drug-likeness (QED) is 0.727. The molecule has 24 heavy (non-hydrogen) atoms. The van der Waals surface area contributed by atoms with Gasteiger partial charge in [-0.05, 0) is 57.5 Å². The number of para-hydroxylation sites is 2. The summed E-state index contributed by atoms with van der Waals surface area (Å²) in [6.07, 6.45) is 3.34. The Morgan fingerprint density at radius 1 is 1.25 bits per heavy atom. The van der Waals surface area contributed by atoms with E-state index < -0.39 is 0 Å². The largest absolute Gasteiger partial charge is 0.336 e. The molecule has 1 saturated heterocycles. The number of likely N-dealkylation sites (tertiary alicyclic amines) is 1. The maximum Gasteiger partial charge on any atom is 0.243 e. The van der Waals surface area contributed by atoms with Gasteiger partial charge >= 0.3 is 0 Å². The molecule has 3 heterocycles. The second kappa shape index (κ2) is 5.73. The second-order valence-electron chi connectivity index (χ2n) is 6.67. The number of aromatic nitrogens is 4. The molecule has 1 fully saturated rings. The molecule has 1 aliphatic rings. The molecule has 0 spiro atoms. The Bertz CT molecular complexity index is 958. The summed E-state index contributed by atoms with van der Waals surface area (Å²) in [5.74, 6) is 0.832. The van der Waals surface area contributed by atoms with Crippen molar-refractivity contribution in [3.63, 3.8) is 0 Å². The first-order valence-corrected chi connectivity index (χ1v) is 8.84. The van der Waals surface area contributed by atoms with Crippen LogP contribution in [0.4, 0.5) is 0 Å². The average molecular weight is 343 g/mol. The van der Waals surface area contributed by atoms with E-state index in [0.29, 0.717) is 22.6 Å². The second-order valence-corrected chi connectivity index (χ2v) is 7.06. The molecule has 1 aliphatic heterocycles. The third kappa shape index (κ3) is 2.26. The van der Waals surface area contributed by atoms with Crippen LogP contribution in [-0.4, -0.2) is 42.1 Å². The molecular weight excluding hydrogens is 322 g/mol. The number of nitrogens with zero attached hydrogens (tertiary/aromatic N) is 4. The topological polar surface area (TPSA) is 58.3 Å². The Morgan fingerprint density at radius 3 is 2.62 bits per heavy atom.